The molecule has 0 spiro atoms. The van der Waals surface area contributed by atoms with E-state index in [2.05, 4.69) is 16.3 Å². The molecule has 4 nitrogen and oxygen atoms in total. The molecule has 0 aliphatic heterocycles. The molecule has 5 heteroatoms. The largest absolute Gasteiger partial charge is 0.455 e. The topological polar surface area (TPSA) is 45.5 Å². The molecule has 1 aromatic carbocycles. The van der Waals surface area contributed by atoms with Gasteiger partial charge in [-0.2, -0.15) is 0 Å². The third-order valence-electron chi connectivity index (χ3n) is 5.20. The minimum atomic E-state index is -0.140. The number of carbonyl (C=O) groups is 1. The lowest BCUT2D eigenvalue weighted by atomic mass is 9.93. The van der Waals surface area contributed by atoms with Crippen molar-refractivity contribution >= 4 is 17.5 Å². The van der Waals surface area contributed by atoms with Crippen molar-refractivity contribution < 1.29 is 9.21 Å². The second-order valence-electron chi connectivity index (χ2n) is 7.31. The molecule has 0 unspecified atom stereocenters. The Labute approximate surface area is 166 Å². The Hall–Kier alpha value is -1.78. The van der Waals surface area contributed by atoms with Crippen LogP contribution in [0.2, 0.25) is 5.02 Å². The van der Waals surface area contributed by atoms with E-state index in [4.69, 9.17) is 16.0 Å². The minimum absolute atomic E-state index is 0.140. The summed E-state index contributed by atoms with van der Waals surface area (Å²) in [5.74, 6) is 1.08. The third kappa shape index (κ3) is 5.60. The fourth-order valence-corrected chi connectivity index (χ4v) is 3.91. The lowest BCUT2D eigenvalue weighted by Crippen LogP contribution is -2.35. The molecule has 27 heavy (non-hydrogen) atoms. The van der Waals surface area contributed by atoms with Crippen LogP contribution in [0.4, 0.5) is 0 Å². The fourth-order valence-electron chi connectivity index (χ4n) is 3.72. The summed E-state index contributed by atoms with van der Waals surface area (Å²) >= 11 is 6.40. The van der Waals surface area contributed by atoms with Crippen LogP contribution in [-0.2, 0) is 13.1 Å². The van der Waals surface area contributed by atoms with Gasteiger partial charge in [-0.15, -0.1) is 0 Å². The Kier molecular flexibility index (Phi) is 7.36. The highest BCUT2D eigenvalue weighted by Crippen LogP contribution is 2.27. The van der Waals surface area contributed by atoms with E-state index >= 15 is 0 Å². The lowest BCUT2D eigenvalue weighted by Gasteiger charge is -2.34. The van der Waals surface area contributed by atoms with Gasteiger partial charge in [0.2, 0.25) is 0 Å². The molecule has 1 aliphatic carbocycles. The van der Waals surface area contributed by atoms with Crippen LogP contribution in [-0.4, -0.2) is 23.4 Å². The highest BCUT2D eigenvalue weighted by atomic mass is 35.5. The average Bonchev–Trinajstić information content (AvgIpc) is 3.16. The molecule has 1 heterocycles. The molecule has 0 saturated heterocycles. The number of carbonyl (C=O) groups excluding carboxylic acids is 1. The summed E-state index contributed by atoms with van der Waals surface area (Å²) < 4.78 is 5.85. The molecule has 1 aliphatic rings. The van der Waals surface area contributed by atoms with Crippen molar-refractivity contribution in [1.82, 2.24) is 10.2 Å². The van der Waals surface area contributed by atoms with Crippen molar-refractivity contribution in [3.05, 3.63) is 58.5 Å². The molecule has 146 valence electrons. The number of nitrogens with one attached hydrogen (secondary N) is 1. The smallest absolute Gasteiger partial charge is 0.286 e. The molecule has 1 saturated carbocycles. The molecule has 1 N–H and O–H groups in total. The van der Waals surface area contributed by atoms with Gasteiger partial charge in [0.25, 0.3) is 5.91 Å². The summed E-state index contributed by atoms with van der Waals surface area (Å²) in [5.41, 5.74) is 1.14. The molecule has 1 fully saturated rings. The van der Waals surface area contributed by atoms with Gasteiger partial charge in [0, 0.05) is 24.2 Å². The maximum Gasteiger partial charge on any atom is 0.286 e. The van der Waals surface area contributed by atoms with Gasteiger partial charge in [-0.05, 0) is 43.0 Å². The predicted molar refractivity (Wildman–Crippen MR) is 109 cm³/mol. The zero-order chi connectivity index (χ0) is 19.1. The van der Waals surface area contributed by atoms with Crippen LogP contribution in [0.15, 0.2) is 40.8 Å². The molecular formula is C22H29ClN2O2. The van der Waals surface area contributed by atoms with E-state index in [1.807, 2.05) is 31.2 Å². The van der Waals surface area contributed by atoms with E-state index in [-0.39, 0.29) is 5.91 Å². The maximum atomic E-state index is 12.1. The highest BCUT2D eigenvalue weighted by Gasteiger charge is 2.23. The summed E-state index contributed by atoms with van der Waals surface area (Å²) in [6.45, 7) is 4.18. The standard InChI is InChI=1S/C22H29ClN2O2/c1-2-14-24-22(26)21-13-12-19(27-21)16-25(18-9-4-3-5-10-18)15-17-8-6-7-11-20(17)23/h6-8,11-13,18H,2-5,9-10,14-16H2,1H3,(H,24,26). The van der Waals surface area contributed by atoms with Crippen LogP contribution in [0.3, 0.4) is 0 Å². The number of benzene rings is 1. The quantitative estimate of drug-likeness (QED) is 0.657. The first-order valence-corrected chi connectivity index (χ1v) is 10.4. The van der Waals surface area contributed by atoms with Gasteiger partial charge >= 0.3 is 0 Å². The van der Waals surface area contributed by atoms with Crippen LogP contribution in [0.5, 0.6) is 0 Å². The summed E-state index contributed by atoms with van der Waals surface area (Å²) in [7, 11) is 0. The van der Waals surface area contributed by atoms with Crippen LogP contribution in [0, 0.1) is 0 Å². The van der Waals surface area contributed by atoms with E-state index in [0.717, 1.165) is 29.3 Å². The van der Waals surface area contributed by atoms with Crippen molar-refractivity contribution in [2.24, 2.45) is 0 Å². The van der Waals surface area contributed by atoms with Crippen molar-refractivity contribution in [3.63, 3.8) is 0 Å². The van der Waals surface area contributed by atoms with Crippen molar-refractivity contribution in [3.8, 4) is 0 Å². The minimum Gasteiger partial charge on any atom is -0.455 e. The highest BCUT2D eigenvalue weighted by molar-refractivity contribution is 6.31. The third-order valence-corrected chi connectivity index (χ3v) is 5.57. The van der Waals surface area contributed by atoms with Crippen molar-refractivity contribution in [1.29, 1.82) is 0 Å². The van der Waals surface area contributed by atoms with Gasteiger partial charge < -0.3 is 9.73 Å². The Morgan fingerprint density at radius 1 is 1.15 bits per heavy atom. The first kappa shape index (κ1) is 20.0. The summed E-state index contributed by atoms with van der Waals surface area (Å²) in [5, 5.41) is 3.67. The van der Waals surface area contributed by atoms with E-state index in [1.54, 1.807) is 6.07 Å². The monoisotopic (exact) mass is 388 g/mol. The Bertz CT molecular complexity index is 737. The molecule has 3 rings (SSSR count). The number of rotatable bonds is 8. The van der Waals surface area contributed by atoms with Gasteiger partial charge in [-0.3, -0.25) is 9.69 Å². The van der Waals surface area contributed by atoms with Gasteiger partial charge in [0.05, 0.1) is 6.54 Å². The van der Waals surface area contributed by atoms with E-state index in [1.165, 1.54) is 32.1 Å². The van der Waals surface area contributed by atoms with Crippen LogP contribution < -0.4 is 5.32 Å². The predicted octanol–water partition coefficient (Wildman–Crippen LogP) is 5.41. The first-order valence-electron chi connectivity index (χ1n) is 10.0. The van der Waals surface area contributed by atoms with Gasteiger partial charge in [-0.1, -0.05) is 56.0 Å². The average molecular weight is 389 g/mol. The van der Waals surface area contributed by atoms with Gasteiger partial charge in [0.15, 0.2) is 5.76 Å². The normalized spacial score (nSPS) is 15.2. The molecule has 1 amide bonds. The number of furan rings is 1. The Morgan fingerprint density at radius 2 is 1.93 bits per heavy atom. The molecule has 0 atom stereocenters. The molecule has 2 aromatic rings. The SMILES string of the molecule is CCCNC(=O)c1ccc(CN(Cc2ccccc2Cl)C2CCCCC2)o1. The number of hydrogen-bond donors (Lipinski definition) is 1. The molecule has 0 bridgehead atoms. The number of amides is 1. The van der Waals surface area contributed by atoms with Crippen LogP contribution >= 0.6 is 11.6 Å². The Morgan fingerprint density at radius 3 is 2.67 bits per heavy atom. The molecule has 1 aromatic heterocycles. The Balaban J connectivity index is 1.72. The number of halogens is 1. The van der Waals surface area contributed by atoms with Crippen LogP contribution in [0.25, 0.3) is 0 Å². The summed E-state index contributed by atoms with van der Waals surface area (Å²) in [6, 6.07) is 12.2. The van der Waals surface area contributed by atoms with Gasteiger partial charge in [-0.25, -0.2) is 0 Å². The van der Waals surface area contributed by atoms with Crippen molar-refractivity contribution in [2.45, 2.75) is 64.6 Å². The second-order valence-corrected chi connectivity index (χ2v) is 7.72. The zero-order valence-electron chi connectivity index (χ0n) is 16.0. The van der Waals surface area contributed by atoms with E-state index in [0.29, 0.717) is 24.9 Å². The molecule has 0 radical (unpaired) electrons. The van der Waals surface area contributed by atoms with Crippen molar-refractivity contribution in [2.75, 3.05) is 6.54 Å². The second kappa shape index (κ2) is 9.95. The fraction of sp³-hybridized carbons (Fsp3) is 0.500. The van der Waals surface area contributed by atoms with Crippen LogP contribution in [0.1, 0.15) is 67.3 Å². The summed E-state index contributed by atoms with van der Waals surface area (Å²) in [4.78, 5) is 14.6. The first-order chi connectivity index (χ1) is 13.2. The van der Waals surface area contributed by atoms with E-state index < -0.39 is 0 Å². The van der Waals surface area contributed by atoms with Gasteiger partial charge in [0.1, 0.15) is 5.76 Å². The maximum absolute atomic E-state index is 12.1. The number of nitrogens with zero attached hydrogens (tertiary/aromatic N) is 1. The lowest BCUT2D eigenvalue weighted by molar-refractivity contribution is 0.0916. The molecular weight excluding hydrogens is 360 g/mol. The summed E-state index contributed by atoms with van der Waals surface area (Å²) in [6.07, 6.45) is 7.18. The van der Waals surface area contributed by atoms with E-state index in [9.17, 15) is 4.79 Å². The zero-order valence-corrected chi connectivity index (χ0v) is 16.8. The number of hydrogen-bond acceptors (Lipinski definition) is 3.